The van der Waals surface area contributed by atoms with Crippen molar-refractivity contribution in [2.24, 2.45) is 0 Å². The fraction of sp³-hybridized carbons (Fsp3) is 0.0800. The van der Waals surface area contributed by atoms with Crippen molar-refractivity contribution < 1.29 is 27.1 Å². The number of nitrogens with zero attached hydrogens (tertiary/aromatic N) is 1. The summed E-state index contributed by atoms with van der Waals surface area (Å²) in [5.41, 5.74) is 2.28. The lowest BCUT2D eigenvalue weighted by Gasteiger charge is -2.27. The predicted octanol–water partition coefficient (Wildman–Crippen LogP) is 5.00. The zero-order valence-corrected chi connectivity index (χ0v) is 20.7. The highest BCUT2D eigenvalue weighted by molar-refractivity contribution is 7.93. The number of benzene rings is 3. The van der Waals surface area contributed by atoms with Crippen LogP contribution in [0.5, 0.6) is 0 Å². The largest absolute Gasteiger partial charge is 0.755 e. The van der Waals surface area contributed by atoms with Crippen molar-refractivity contribution in [1.82, 2.24) is 0 Å². The molecule has 35 heavy (non-hydrogen) atoms. The van der Waals surface area contributed by atoms with Crippen LogP contribution in [-0.2, 0) is 33.9 Å². The van der Waals surface area contributed by atoms with Crippen LogP contribution < -0.4 is 4.31 Å². The number of hydrogen-bond acceptors (Lipinski definition) is 6. The van der Waals surface area contributed by atoms with Gasteiger partial charge in [-0.25, -0.2) is 13.2 Å². The molecule has 0 fully saturated rings. The molecule has 1 aromatic heterocycles. The lowest BCUT2D eigenvalue weighted by atomic mass is 10.0. The molecule has 0 radical (unpaired) electrons. The van der Waals surface area contributed by atoms with Gasteiger partial charge in [-0.2, -0.15) is 0 Å². The molecule has 0 saturated carbocycles. The molecule has 0 bridgehead atoms. The van der Waals surface area contributed by atoms with Crippen LogP contribution in [0.2, 0.25) is 0 Å². The lowest BCUT2D eigenvalue weighted by Crippen LogP contribution is -2.20. The Morgan fingerprint density at radius 1 is 0.886 bits per heavy atom. The molecule has 1 N–H and O–H groups in total. The van der Waals surface area contributed by atoms with E-state index in [1.54, 1.807) is 48.5 Å². The average Bonchev–Trinajstić information content (AvgIpc) is 3.35. The highest BCUT2D eigenvalue weighted by Gasteiger charge is 2.23. The van der Waals surface area contributed by atoms with E-state index >= 15 is 0 Å². The summed E-state index contributed by atoms with van der Waals surface area (Å²) in [7, 11) is -3.78. The third-order valence-electron chi connectivity index (χ3n) is 5.33. The quantitative estimate of drug-likeness (QED) is 0.307. The fourth-order valence-electron chi connectivity index (χ4n) is 3.57. The van der Waals surface area contributed by atoms with Crippen molar-refractivity contribution in [3.05, 3.63) is 108 Å². The maximum Gasteiger partial charge on any atom is 0.335 e. The Balaban J connectivity index is 1.62. The van der Waals surface area contributed by atoms with Gasteiger partial charge in [0.2, 0.25) is 9.84 Å². The molecule has 4 rings (SSSR count). The minimum absolute atomic E-state index is 0.0464. The van der Waals surface area contributed by atoms with Crippen molar-refractivity contribution in [3.8, 4) is 0 Å². The highest BCUT2D eigenvalue weighted by Crippen LogP contribution is 2.38. The number of para-hydroxylation sites is 1. The summed E-state index contributed by atoms with van der Waals surface area (Å²) in [6.07, 6.45) is 1.06. The molecular weight excluding hydrogens is 506 g/mol. The topological polar surface area (TPSA) is 115 Å². The number of sulfone groups is 1. The molecule has 0 aliphatic heterocycles. The molecular formula is C25H20NO6S3-. The van der Waals surface area contributed by atoms with Gasteiger partial charge < -0.3 is 9.66 Å². The molecule has 0 saturated heterocycles. The smallest absolute Gasteiger partial charge is 0.335 e. The molecule has 1 unspecified atom stereocenters. The molecule has 180 valence electrons. The Hall–Kier alpha value is -3.31. The Morgan fingerprint density at radius 3 is 2.20 bits per heavy atom. The van der Waals surface area contributed by atoms with Crippen LogP contribution in [0.4, 0.5) is 10.7 Å². The van der Waals surface area contributed by atoms with E-state index in [2.05, 4.69) is 0 Å². The van der Waals surface area contributed by atoms with E-state index in [9.17, 15) is 22.0 Å². The van der Waals surface area contributed by atoms with Crippen molar-refractivity contribution in [1.29, 1.82) is 0 Å². The van der Waals surface area contributed by atoms with E-state index in [4.69, 9.17) is 5.11 Å². The molecule has 0 aliphatic rings. The number of anilines is 2. The monoisotopic (exact) mass is 526 g/mol. The first-order valence-corrected chi connectivity index (χ1v) is 13.8. The third-order valence-corrected chi connectivity index (χ3v) is 9.47. The van der Waals surface area contributed by atoms with E-state index < -0.39 is 27.1 Å². The van der Waals surface area contributed by atoms with Crippen LogP contribution >= 0.6 is 11.3 Å². The second-order valence-corrected chi connectivity index (χ2v) is 11.6. The molecule has 1 atom stereocenters. The number of aryl methyl sites for hydroxylation is 2. The Kier molecular flexibility index (Phi) is 7.46. The van der Waals surface area contributed by atoms with Crippen LogP contribution in [0.25, 0.3) is 0 Å². The summed E-state index contributed by atoms with van der Waals surface area (Å²) >= 11 is -1.81. The highest BCUT2D eigenvalue weighted by atomic mass is 32.2. The molecule has 0 spiro atoms. The molecule has 1 heterocycles. The average molecular weight is 527 g/mol. The Bertz CT molecular complexity index is 1460. The summed E-state index contributed by atoms with van der Waals surface area (Å²) < 4.78 is 51.6. The molecule has 0 amide bonds. The minimum Gasteiger partial charge on any atom is -0.755 e. The van der Waals surface area contributed by atoms with Crippen LogP contribution in [0, 0.1) is 0 Å². The fourth-order valence-corrected chi connectivity index (χ4v) is 7.04. The van der Waals surface area contributed by atoms with Gasteiger partial charge in [-0.3, -0.25) is 8.51 Å². The van der Waals surface area contributed by atoms with E-state index in [-0.39, 0.29) is 19.7 Å². The molecule has 4 aromatic rings. The Labute approximate surface area is 209 Å². The van der Waals surface area contributed by atoms with Gasteiger partial charge >= 0.3 is 5.97 Å². The summed E-state index contributed by atoms with van der Waals surface area (Å²) in [4.78, 5) is 11.2. The van der Waals surface area contributed by atoms with Gasteiger partial charge in [-0.15, -0.1) is 11.3 Å². The predicted molar refractivity (Wildman–Crippen MR) is 135 cm³/mol. The maximum absolute atomic E-state index is 13.0. The number of carboxylic acids is 1. The first kappa shape index (κ1) is 24.8. The minimum atomic E-state index is -3.78. The molecule has 0 aliphatic carbocycles. The van der Waals surface area contributed by atoms with Crippen LogP contribution in [0.1, 0.15) is 21.5 Å². The van der Waals surface area contributed by atoms with E-state index in [0.717, 1.165) is 26.8 Å². The van der Waals surface area contributed by atoms with Gasteiger partial charge in [0.25, 0.3) is 0 Å². The van der Waals surface area contributed by atoms with Gasteiger partial charge in [-0.05, 0) is 66.4 Å². The van der Waals surface area contributed by atoms with Crippen molar-refractivity contribution in [2.75, 3.05) is 4.31 Å². The number of carboxylic acid groups (broad SMARTS) is 1. The number of thiophene rings is 1. The first-order valence-electron chi connectivity index (χ1n) is 10.5. The van der Waals surface area contributed by atoms with Gasteiger partial charge in [-0.1, -0.05) is 48.5 Å². The van der Waals surface area contributed by atoms with Gasteiger partial charge in [0.1, 0.15) is 9.21 Å². The normalized spacial score (nSPS) is 12.3. The lowest BCUT2D eigenvalue weighted by molar-refractivity contribution is 0.0697. The van der Waals surface area contributed by atoms with E-state index in [1.807, 2.05) is 6.07 Å². The maximum atomic E-state index is 13.0. The molecule has 10 heteroatoms. The number of rotatable bonds is 9. The number of aromatic carboxylic acids is 1. The van der Waals surface area contributed by atoms with Crippen LogP contribution in [-0.4, -0.2) is 28.3 Å². The van der Waals surface area contributed by atoms with Crippen LogP contribution in [0.15, 0.2) is 100 Å². The number of hydrogen-bond donors (Lipinski definition) is 1. The van der Waals surface area contributed by atoms with Crippen LogP contribution in [0.3, 0.4) is 0 Å². The van der Waals surface area contributed by atoms with Gasteiger partial charge in [0.05, 0.1) is 27.4 Å². The zero-order valence-electron chi connectivity index (χ0n) is 18.2. The van der Waals surface area contributed by atoms with E-state index in [1.165, 1.54) is 36.4 Å². The van der Waals surface area contributed by atoms with Gasteiger partial charge in [0.15, 0.2) is 0 Å². The first-order chi connectivity index (χ1) is 16.8. The zero-order chi connectivity index (χ0) is 25.0. The van der Waals surface area contributed by atoms with E-state index in [0.29, 0.717) is 18.5 Å². The van der Waals surface area contributed by atoms with Crippen molar-refractivity contribution in [3.63, 3.8) is 0 Å². The second kappa shape index (κ2) is 10.5. The summed E-state index contributed by atoms with van der Waals surface area (Å²) in [5, 5.41) is 9.31. The summed E-state index contributed by atoms with van der Waals surface area (Å²) in [6, 6.07) is 24.4. The second-order valence-electron chi connectivity index (χ2n) is 7.55. The van der Waals surface area contributed by atoms with Gasteiger partial charge in [0, 0.05) is 0 Å². The molecule has 3 aromatic carbocycles. The van der Waals surface area contributed by atoms with Crippen molar-refractivity contribution >= 4 is 49.1 Å². The Morgan fingerprint density at radius 2 is 1.54 bits per heavy atom. The van der Waals surface area contributed by atoms with Crippen molar-refractivity contribution in [2.45, 2.75) is 21.9 Å². The summed E-state index contributed by atoms with van der Waals surface area (Å²) in [5.74, 6) is -1.000. The molecule has 7 nitrogen and oxygen atoms in total. The number of carbonyl (C=O) groups is 1. The standard InChI is InChI=1S/C25H21NO6S3/c27-25(28)20-14-11-18(12-15-20)10-13-19-6-4-5-9-22(19)26(34(29)30)23-16-17-24(33-23)35(31,32)21-7-2-1-3-8-21/h1-9,11-12,14-17H,10,13H2,(H,27,28)(H,29,30)/p-1. The summed E-state index contributed by atoms with van der Waals surface area (Å²) in [6.45, 7) is 0. The SMILES string of the molecule is O=C(O)c1ccc(CCc2ccccc2N(c2ccc(S(=O)(=O)c3ccccc3)s2)S(=O)[O-])cc1. The third kappa shape index (κ3) is 5.51.